The summed E-state index contributed by atoms with van der Waals surface area (Å²) in [5, 5.41) is 23.6. The van der Waals surface area contributed by atoms with E-state index < -0.39 is 0 Å². The first-order chi connectivity index (χ1) is 13.6. The number of hydrogen-bond donors (Lipinski definition) is 3. The molecule has 0 bridgehead atoms. The number of nitrogens with zero attached hydrogens (tertiary/aromatic N) is 3. The lowest BCUT2D eigenvalue weighted by Gasteiger charge is -2.12. The van der Waals surface area contributed by atoms with Gasteiger partial charge < -0.3 is 10.2 Å². The quantitative estimate of drug-likeness (QED) is 0.290. The molecular weight excluding hydrogens is 356 g/mol. The second kappa shape index (κ2) is 7.24. The second-order valence-electron chi connectivity index (χ2n) is 6.05. The molecule has 0 aliphatic carbocycles. The van der Waals surface area contributed by atoms with Crippen molar-refractivity contribution in [1.82, 2.24) is 9.55 Å². The van der Waals surface area contributed by atoms with Crippen LogP contribution in [0.5, 0.6) is 11.5 Å². The van der Waals surface area contributed by atoms with Gasteiger partial charge in [-0.3, -0.25) is 4.79 Å². The summed E-state index contributed by atoms with van der Waals surface area (Å²) in [4.78, 5) is 17.6. The summed E-state index contributed by atoms with van der Waals surface area (Å²) < 4.78 is 1.45. The molecule has 1 heterocycles. The van der Waals surface area contributed by atoms with E-state index in [2.05, 4.69) is 15.5 Å². The first-order valence-electron chi connectivity index (χ1n) is 8.52. The molecule has 4 rings (SSSR count). The van der Waals surface area contributed by atoms with Crippen molar-refractivity contribution < 1.29 is 10.2 Å². The maximum Gasteiger partial charge on any atom is 0.267 e. The van der Waals surface area contributed by atoms with E-state index in [9.17, 15) is 15.0 Å². The van der Waals surface area contributed by atoms with E-state index in [0.717, 1.165) is 0 Å². The van der Waals surface area contributed by atoms with Crippen LogP contribution in [-0.2, 0) is 0 Å². The predicted octanol–water partition coefficient (Wildman–Crippen LogP) is 3.24. The van der Waals surface area contributed by atoms with Crippen molar-refractivity contribution in [2.45, 2.75) is 0 Å². The highest BCUT2D eigenvalue weighted by molar-refractivity contribution is 5.82. The standard InChI is InChI=1S/C21H16N4O3/c26-18-11-10-14(12-19(18)27)13-22-24-21-23-17-9-5-4-8-16(17)20(28)25(21)15-6-2-1-3-7-15/h1-13,26-27H,(H,23,24). The molecule has 0 radical (unpaired) electrons. The Labute approximate surface area is 159 Å². The highest BCUT2D eigenvalue weighted by Crippen LogP contribution is 2.24. The van der Waals surface area contributed by atoms with Gasteiger partial charge in [-0.2, -0.15) is 5.10 Å². The Kier molecular flexibility index (Phi) is 4.47. The summed E-state index contributed by atoms with van der Waals surface area (Å²) in [5.74, 6) is -0.192. The summed E-state index contributed by atoms with van der Waals surface area (Å²) in [5.41, 5.74) is 4.37. The van der Waals surface area contributed by atoms with Gasteiger partial charge in [-0.25, -0.2) is 15.0 Å². The zero-order valence-corrected chi connectivity index (χ0v) is 14.6. The van der Waals surface area contributed by atoms with E-state index in [1.54, 1.807) is 24.3 Å². The molecule has 28 heavy (non-hydrogen) atoms. The molecule has 0 saturated heterocycles. The zero-order valence-electron chi connectivity index (χ0n) is 14.6. The summed E-state index contributed by atoms with van der Waals surface area (Å²) in [6.07, 6.45) is 1.45. The minimum Gasteiger partial charge on any atom is -0.504 e. The number of rotatable bonds is 4. The minimum absolute atomic E-state index is 0.209. The minimum atomic E-state index is -0.242. The summed E-state index contributed by atoms with van der Waals surface area (Å²) >= 11 is 0. The van der Waals surface area contributed by atoms with E-state index >= 15 is 0 Å². The lowest BCUT2D eigenvalue weighted by atomic mass is 10.2. The Bertz CT molecular complexity index is 1230. The molecule has 4 aromatic rings. The summed E-state index contributed by atoms with van der Waals surface area (Å²) in [7, 11) is 0. The monoisotopic (exact) mass is 372 g/mol. The average Bonchev–Trinajstić information content (AvgIpc) is 2.71. The van der Waals surface area contributed by atoms with E-state index in [1.165, 1.54) is 22.9 Å². The van der Waals surface area contributed by atoms with Crippen LogP contribution in [0, 0.1) is 0 Å². The molecule has 0 saturated carbocycles. The lowest BCUT2D eigenvalue weighted by Crippen LogP contribution is -2.22. The second-order valence-corrected chi connectivity index (χ2v) is 6.05. The van der Waals surface area contributed by atoms with Crippen LogP contribution in [0.25, 0.3) is 16.6 Å². The van der Waals surface area contributed by atoms with Gasteiger partial charge in [0.25, 0.3) is 5.56 Å². The van der Waals surface area contributed by atoms with Crippen LogP contribution in [0.4, 0.5) is 5.95 Å². The van der Waals surface area contributed by atoms with Gasteiger partial charge in [-0.05, 0) is 48.0 Å². The van der Waals surface area contributed by atoms with Crippen molar-refractivity contribution >= 4 is 23.1 Å². The van der Waals surface area contributed by atoms with Crippen molar-refractivity contribution in [3.8, 4) is 17.2 Å². The number of phenols is 2. The SMILES string of the molecule is O=c1c2ccccc2nc(NN=Cc2ccc(O)c(O)c2)n1-c1ccccc1. The Morgan fingerprint density at radius 3 is 2.46 bits per heavy atom. The molecule has 1 aromatic heterocycles. The van der Waals surface area contributed by atoms with Gasteiger partial charge >= 0.3 is 0 Å². The number of hydrazone groups is 1. The van der Waals surface area contributed by atoms with Crippen LogP contribution in [0.15, 0.2) is 82.7 Å². The molecule has 7 nitrogen and oxygen atoms in total. The summed E-state index contributed by atoms with van der Waals surface area (Å²) in [6.45, 7) is 0. The number of aromatic nitrogens is 2. The highest BCUT2D eigenvalue weighted by Gasteiger charge is 2.12. The van der Waals surface area contributed by atoms with Crippen LogP contribution in [0.1, 0.15) is 5.56 Å². The van der Waals surface area contributed by atoms with Gasteiger partial charge in [-0.15, -0.1) is 0 Å². The van der Waals surface area contributed by atoms with Crippen molar-refractivity contribution in [2.75, 3.05) is 5.43 Å². The van der Waals surface area contributed by atoms with E-state index in [0.29, 0.717) is 22.2 Å². The van der Waals surface area contributed by atoms with Crippen LogP contribution >= 0.6 is 0 Å². The number of benzene rings is 3. The van der Waals surface area contributed by atoms with Gasteiger partial charge in [0.05, 0.1) is 22.8 Å². The fraction of sp³-hybridized carbons (Fsp3) is 0. The Morgan fingerprint density at radius 1 is 0.929 bits per heavy atom. The van der Waals surface area contributed by atoms with Gasteiger partial charge in [0, 0.05) is 0 Å². The van der Waals surface area contributed by atoms with Gasteiger partial charge in [0.1, 0.15) is 0 Å². The predicted molar refractivity (Wildman–Crippen MR) is 108 cm³/mol. The molecule has 0 aliphatic heterocycles. The third-order valence-electron chi connectivity index (χ3n) is 4.17. The summed E-state index contributed by atoms with van der Waals surface area (Å²) in [6, 6.07) is 20.6. The molecule has 0 fully saturated rings. The molecule has 0 aliphatic rings. The average molecular weight is 372 g/mol. The van der Waals surface area contributed by atoms with Crippen LogP contribution in [0.2, 0.25) is 0 Å². The lowest BCUT2D eigenvalue weighted by molar-refractivity contribution is 0.403. The molecule has 3 N–H and O–H groups in total. The Morgan fingerprint density at radius 2 is 1.68 bits per heavy atom. The maximum atomic E-state index is 13.0. The molecule has 7 heteroatoms. The number of fused-ring (bicyclic) bond motifs is 1. The Balaban J connectivity index is 1.78. The van der Waals surface area contributed by atoms with Crippen molar-refractivity contribution in [1.29, 1.82) is 0 Å². The van der Waals surface area contributed by atoms with Crippen molar-refractivity contribution in [3.05, 3.63) is 88.7 Å². The fourth-order valence-electron chi connectivity index (χ4n) is 2.81. The number of phenolic OH excluding ortho intramolecular Hbond substituents is 2. The topological polar surface area (TPSA) is 99.7 Å². The van der Waals surface area contributed by atoms with Crippen molar-refractivity contribution in [2.24, 2.45) is 5.10 Å². The van der Waals surface area contributed by atoms with Crippen LogP contribution in [-0.4, -0.2) is 26.0 Å². The maximum absolute atomic E-state index is 13.0. The van der Waals surface area contributed by atoms with Crippen LogP contribution in [0.3, 0.4) is 0 Å². The van der Waals surface area contributed by atoms with E-state index in [1.807, 2.05) is 36.4 Å². The number of hydrogen-bond acceptors (Lipinski definition) is 6. The normalized spacial score (nSPS) is 11.1. The zero-order chi connectivity index (χ0) is 19.5. The highest BCUT2D eigenvalue weighted by atomic mass is 16.3. The number of nitrogens with one attached hydrogen (secondary N) is 1. The van der Waals surface area contributed by atoms with Gasteiger partial charge in [0.15, 0.2) is 11.5 Å². The van der Waals surface area contributed by atoms with Gasteiger partial charge in [-0.1, -0.05) is 30.3 Å². The molecule has 138 valence electrons. The molecule has 0 atom stereocenters. The smallest absolute Gasteiger partial charge is 0.267 e. The molecular formula is C21H16N4O3. The molecule has 0 unspecified atom stereocenters. The van der Waals surface area contributed by atoms with Gasteiger partial charge in [0.2, 0.25) is 5.95 Å². The van der Waals surface area contributed by atoms with Crippen LogP contribution < -0.4 is 11.0 Å². The first kappa shape index (κ1) is 17.3. The molecule has 0 amide bonds. The molecule has 0 spiro atoms. The fourth-order valence-corrected chi connectivity index (χ4v) is 2.81. The molecule has 3 aromatic carbocycles. The third-order valence-corrected chi connectivity index (χ3v) is 4.17. The number of anilines is 1. The Hall–Kier alpha value is -4.13. The third kappa shape index (κ3) is 3.28. The van der Waals surface area contributed by atoms with E-state index in [4.69, 9.17) is 0 Å². The number of aromatic hydroxyl groups is 2. The largest absolute Gasteiger partial charge is 0.504 e. The first-order valence-corrected chi connectivity index (χ1v) is 8.52. The van der Waals surface area contributed by atoms with Crippen molar-refractivity contribution in [3.63, 3.8) is 0 Å². The number of para-hydroxylation sites is 2. The van der Waals surface area contributed by atoms with E-state index in [-0.39, 0.29) is 23.0 Å².